The van der Waals surface area contributed by atoms with E-state index in [4.69, 9.17) is 4.74 Å². The van der Waals surface area contributed by atoms with Gasteiger partial charge in [0, 0.05) is 6.07 Å². The molecule has 0 aliphatic heterocycles. The summed E-state index contributed by atoms with van der Waals surface area (Å²) in [5.41, 5.74) is 2.96. The molecule has 0 fully saturated rings. The molecule has 23 heavy (non-hydrogen) atoms. The summed E-state index contributed by atoms with van der Waals surface area (Å²) in [6.07, 6.45) is 0. The van der Waals surface area contributed by atoms with Crippen LogP contribution in [0.15, 0.2) is 58.9 Å². The zero-order chi connectivity index (χ0) is 16.3. The molecule has 0 spiro atoms. The summed E-state index contributed by atoms with van der Waals surface area (Å²) in [6, 6.07) is 13.3. The van der Waals surface area contributed by atoms with Gasteiger partial charge in [-0.3, -0.25) is 4.72 Å². The molecule has 3 rings (SSSR count). The number of aryl methyl sites for hydroxylation is 1. The molecule has 1 N–H and O–H groups in total. The van der Waals surface area contributed by atoms with Crippen molar-refractivity contribution in [1.82, 2.24) is 10.2 Å². The molecule has 0 saturated carbocycles. The van der Waals surface area contributed by atoms with Crippen LogP contribution in [-0.2, 0) is 10.0 Å². The Morgan fingerprint density at radius 3 is 2.61 bits per heavy atom. The van der Waals surface area contributed by atoms with Gasteiger partial charge in [0.15, 0.2) is 0 Å². The Kier molecular flexibility index (Phi) is 4.26. The van der Waals surface area contributed by atoms with E-state index in [1.165, 1.54) is 11.3 Å². The number of ether oxygens (including phenoxy) is 1. The molecule has 1 heterocycles. The highest BCUT2D eigenvalue weighted by molar-refractivity contribution is 7.92. The van der Waals surface area contributed by atoms with Crippen molar-refractivity contribution in [2.45, 2.75) is 11.8 Å². The van der Waals surface area contributed by atoms with Crippen LogP contribution in [0.3, 0.4) is 0 Å². The van der Waals surface area contributed by atoms with Crippen LogP contribution >= 0.6 is 11.3 Å². The minimum absolute atomic E-state index is 0.207. The molecule has 2 aromatic carbocycles. The number of rotatable bonds is 5. The first kappa shape index (κ1) is 15.4. The Morgan fingerprint density at radius 2 is 1.91 bits per heavy atom. The smallest absolute Gasteiger partial charge is 0.299 e. The van der Waals surface area contributed by atoms with Gasteiger partial charge in [-0.15, -0.1) is 5.10 Å². The summed E-state index contributed by atoms with van der Waals surface area (Å²) in [4.78, 5) is 0.207. The lowest BCUT2D eigenvalue weighted by atomic mass is 10.2. The minimum Gasteiger partial charge on any atom is -0.430 e. The van der Waals surface area contributed by atoms with Crippen LogP contribution in [0.4, 0.5) is 5.69 Å². The van der Waals surface area contributed by atoms with Gasteiger partial charge in [0.05, 0.1) is 10.6 Å². The fraction of sp³-hybridized carbons (Fsp3) is 0.0667. The minimum atomic E-state index is -3.64. The Hall–Kier alpha value is -2.45. The number of anilines is 1. The molecule has 0 aliphatic carbocycles. The van der Waals surface area contributed by atoms with E-state index in [1.807, 2.05) is 6.92 Å². The predicted octanol–water partition coefficient (Wildman–Crippen LogP) is 3.44. The van der Waals surface area contributed by atoms with Gasteiger partial charge in [0.2, 0.25) is 0 Å². The average Bonchev–Trinajstić information content (AvgIpc) is 3.00. The number of aromatic nitrogens is 2. The van der Waals surface area contributed by atoms with Crippen LogP contribution in [0.1, 0.15) is 5.56 Å². The van der Waals surface area contributed by atoms with Crippen molar-refractivity contribution in [3.8, 4) is 10.9 Å². The van der Waals surface area contributed by atoms with Crippen LogP contribution in [0.25, 0.3) is 0 Å². The van der Waals surface area contributed by atoms with Crippen molar-refractivity contribution in [1.29, 1.82) is 0 Å². The van der Waals surface area contributed by atoms with Gasteiger partial charge in [-0.1, -0.05) is 40.2 Å². The van der Waals surface area contributed by atoms with E-state index in [0.717, 1.165) is 5.56 Å². The lowest BCUT2D eigenvalue weighted by Crippen LogP contribution is -2.12. The third kappa shape index (κ3) is 3.85. The summed E-state index contributed by atoms with van der Waals surface area (Å²) < 4.78 is 32.8. The van der Waals surface area contributed by atoms with Crippen molar-refractivity contribution in [3.05, 3.63) is 59.6 Å². The van der Waals surface area contributed by atoms with Crippen molar-refractivity contribution in [3.63, 3.8) is 0 Å². The standard InChI is InChI=1S/C15H13N3O3S2/c1-11-5-7-14(8-6-11)23(19,20)18-12-3-2-4-13(9-12)21-15-17-16-10-22-15/h2-10,18H,1H3. The van der Waals surface area contributed by atoms with Gasteiger partial charge in [-0.05, 0) is 31.2 Å². The first-order valence-electron chi connectivity index (χ1n) is 6.66. The molecular formula is C15H13N3O3S2. The molecule has 0 aliphatic rings. The SMILES string of the molecule is Cc1ccc(S(=O)(=O)Nc2cccc(Oc3nncs3)c2)cc1. The molecule has 8 heteroatoms. The highest BCUT2D eigenvalue weighted by atomic mass is 32.2. The third-order valence-electron chi connectivity index (χ3n) is 2.96. The largest absolute Gasteiger partial charge is 0.430 e. The van der Waals surface area contributed by atoms with Crippen LogP contribution in [-0.4, -0.2) is 18.6 Å². The molecule has 0 atom stereocenters. The van der Waals surface area contributed by atoms with Gasteiger partial charge in [0.1, 0.15) is 11.3 Å². The summed E-state index contributed by atoms with van der Waals surface area (Å²) in [5, 5.41) is 7.85. The number of hydrogen-bond acceptors (Lipinski definition) is 6. The molecule has 0 saturated heterocycles. The van der Waals surface area contributed by atoms with E-state index in [2.05, 4.69) is 14.9 Å². The fourth-order valence-corrected chi connectivity index (χ4v) is 3.34. The average molecular weight is 347 g/mol. The highest BCUT2D eigenvalue weighted by Crippen LogP contribution is 2.26. The molecule has 6 nitrogen and oxygen atoms in total. The number of sulfonamides is 1. The quantitative estimate of drug-likeness (QED) is 0.764. The first-order chi connectivity index (χ1) is 11.0. The Bertz CT molecular complexity index is 892. The maximum Gasteiger partial charge on any atom is 0.299 e. The van der Waals surface area contributed by atoms with Crippen molar-refractivity contribution < 1.29 is 13.2 Å². The molecule has 0 unspecified atom stereocenters. The van der Waals surface area contributed by atoms with E-state index in [1.54, 1.807) is 54.0 Å². The first-order valence-corrected chi connectivity index (χ1v) is 9.03. The lowest BCUT2D eigenvalue weighted by molar-refractivity contribution is 0.473. The zero-order valence-corrected chi connectivity index (χ0v) is 13.8. The summed E-state index contributed by atoms with van der Waals surface area (Å²) in [5.74, 6) is 0.478. The second-order valence-corrected chi connectivity index (χ2v) is 7.23. The summed E-state index contributed by atoms with van der Waals surface area (Å²) in [7, 11) is -3.64. The van der Waals surface area contributed by atoms with Crippen molar-refractivity contribution >= 4 is 27.0 Å². The van der Waals surface area contributed by atoms with Gasteiger partial charge in [-0.2, -0.15) is 0 Å². The molecular weight excluding hydrogens is 334 g/mol. The number of nitrogens with zero attached hydrogens (tertiary/aromatic N) is 2. The van der Waals surface area contributed by atoms with Crippen molar-refractivity contribution in [2.75, 3.05) is 4.72 Å². The Morgan fingerprint density at radius 1 is 1.13 bits per heavy atom. The van der Waals surface area contributed by atoms with E-state index < -0.39 is 10.0 Å². The monoisotopic (exact) mass is 347 g/mol. The molecule has 3 aromatic rings. The van der Waals surface area contributed by atoms with Gasteiger partial charge in [-0.25, -0.2) is 8.42 Å². The van der Waals surface area contributed by atoms with E-state index in [-0.39, 0.29) is 4.90 Å². The zero-order valence-electron chi connectivity index (χ0n) is 12.1. The van der Waals surface area contributed by atoms with Crippen LogP contribution in [0, 0.1) is 6.92 Å². The van der Waals surface area contributed by atoms with Crippen LogP contribution in [0.2, 0.25) is 0 Å². The molecule has 1 aromatic heterocycles. The predicted molar refractivity (Wildman–Crippen MR) is 88.4 cm³/mol. The maximum absolute atomic E-state index is 12.4. The molecule has 0 amide bonds. The highest BCUT2D eigenvalue weighted by Gasteiger charge is 2.14. The Labute approximate surface area is 137 Å². The summed E-state index contributed by atoms with van der Waals surface area (Å²) >= 11 is 1.25. The normalized spacial score (nSPS) is 11.2. The Balaban J connectivity index is 1.80. The molecule has 118 valence electrons. The second kappa shape index (κ2) is 6.35. The number of nitrogens with one attached hydrogen (secondary N) is 1. The van der Waals surface area contributed by atoms with Crippen molar-refractivity contribution in [2.24, 2.45) is 0 Å². The lowest BCUT2D eigenvalue weighted by Gasteiger charge is -2.09. The summed E-state index contributed by atoms with van der Waals surface area (Å²) in [6.45, 7) is 1.90. The molecule has 0 radical (unpaired) electrons. The number of benzene rings is 2. The van der Waals surface area contributed by atoms with E-state index in [9.17, 15) is 8.42 Å². The number of hydrogen-bond donors (Lipinski definition) is 1. The maximum atomic E-state index is 12.4. The second-order valence-electron chi connectivity index (χ2n) is 4.75. The van der Waals surface area contributed by atoms with Gasteiger partial charge < -0.3 is 4.74 Å². The topological polar surface area (TPSA) is 81.2 Å². The van der Waals surface area contributed by atoms with E-state index in [0.29, 0.717) is 16.6 Å². The van der Waals surface area contributed by atoms with E-state index >= 15 is 0 Å². The van der Waals surface area contributed by atoms with Crippen LogP contribution < -0.4 is 9.46 Å². The molecule has 0 bridgehead atoms. The van der Waals surface area contributed by atoms with Crippen LogP contribution in [0.5, 0.6) is 10.9 Å². The van der Waals surface area contributed by atoms with Gasteiger partial charge in [0.25, 0.3) is 15.2 Å². The van der Waals surface area contributed by atoms with Gasteiger partial charge >= 0.3 is 0 Å². The fourth-order valence-electron chi connectivity index (χ4n) is 1.86. The third-order valence-corrected chi connectivity index (χ3v) is 4.93.